The molecule has 0 spiro atoms. The van der Waals surface area contributed by atoms with Crippen LogP contribution in [-0.4, -0.2) is 47.2 Å². The number of benzene rings is 3. The van der Waals surface area contributed by atoms with E-state index < -0.39 is 10.0 Å². The number of anilines is 1. The third-order valence-corrected chi connectivity index (χ3v) is 8.07. The van der Waals surface area contributed by atoms with Crippen molar-refractivity contribution in [3.8, 4) is 11.5 Å². The van der Waals surface area contributed by atoms with E-state index in [-0.39, 0.29) is 10.8 Å². The maximum absolute atomic E-state index is 13.8. The topological polar surface area (TPSA) is 59.1 Å². The zero-order valence-electron chi connectivity index (χ0n) is 19.8. The lowest BCUT2D eigenvalue weighted by atomic mass is 9.97. The number of methoxy groups -OCH3 is 2. The summed E-state index contributed by atoms with van der Waals surface area (Å²) in [7, 11) is -0.623. The van der Waals surface area contributed by atoms with Gasteiger partial charge in [-0.3, -0.25) is 9.21 Å². The number of likely N-dealkylation sites (tertiary alicyclic amines) is 1. The quantitative estimate of drug-likeness (QED) is 0.440. The normalized spacial score (nSPS) is 16.7. The first-order valence-electron chi connectivity index (χ1n) is 11.6. The molecule has 180 valence electrons. The van der Waals surface area contributed by atoms with E-state index in [9.17, 15) is 8.42 Å². The van der Waals surface area contributed by atoms with E-state index >= 15 is 0 Å². The Morgan fingerprint density at radius 3 is 2.35 bits per heavy atom. The van der Waals surface area contributed by atoms with Gasteiger partial charge in [-0.2, -0.15) is 0 Å². The Morgan fingerprint density at radius 1 is 0.912 bits per heavy atom. The van der Waals surface area contributed by atoms with Crippen LogP contribution in [0.5, 0.6) is 11.5 Å². The second kappa shape index (κ2) is 10.9. The van der Waals surface area contributed by atoms with Gasteiger partial charge in [-0.05, 0) is 67.3 Å². The summed E-state index contributed by atoms with van der Waals surface area (Å²) in [4.78, 5) is 2.67. The summed E-state index contributed by atoms with van der Waals surface area (Å²) in [5, 5.41) is 0. The number of rotatable bonds is 9. The summed E-state index contributed by atoms with van der Waals surface area (Å²) >= 11 is 0. The van der Waals surface area contributed by atoms with Crippen molar-refractivity contribution in [2.24, 2.45) is 5.92 Å². The number of ether oxygens (including phenoxy) is 2. The van der Waals surface area contributed by atoms with Gasteiger partial charge in [0.15, 0.2) is 0 Å². The van der Waals surface area contributed by atoms with Crippen LogP contribution in [0.3, 0.4) is 0 Å². The molecule has 1 saturated heterocycles. The smallest absolute Gasteiger partial charge is 0.264 e. The van der Waals surface area contributed by atoms with Crippen LogP contribution >= 0.6 is 0 Å². The SMILES string of the molecule is COc1ccc(S(=O)(=O)N(CC2CCCN(Cc3ccccc3)C2)c2cccc(OC)c2)cc1. The van der Waals surface area contributed by atoms with Crippen molar-refractivity contribution in [2.45, 2.75) is 24.3 Å². The van der Waals surface area contributed by atoms with Crippen molar-refractivity contribution in [2.75, 3.05) is 38.2 Å². The minimum atomic E-state index is -3.78. The molecule has 0 amide bonds. The Morgan fingerprint density at radius 2 is 1.65 bits per heavy atom. The molecule has 0 aliphatic carbocycles. The number of piperidine rings is 1. The van der Waals surface area contributed by atoms with Crippen molar-refractivity contribution in [3.63, 3.8) is 0 Å². The van der Waals surface area contributed by atoms with Gasteiger partial charge in [-0.25, -0.2) is 8.42 Å². The highest BCUT2D eigenvalue weighted by Crippen LogP contribution is 2.30. The van der Waals surface area contributed by atoms with Gasteiger partial charge in [0.1, 0.15) is 11.5 Å². The Kier molecular flexibility index (Phi) is 7.75. The van der Waals surface area contributed by atoms with Crippen molar-refractivity contribution >= 4 is 15.7 Å². The summed E-state index contributed by atoms with van der Waals surface area (Å²) < 4.78 is 39.7. The van der Waals surface area contributed by atoms with Crippen molar-refractivity contribution < 1.29 is 17.9 Å². The summed E-state index contributed by atoms with van der Waals surface area (Å²) in [5.41, 5.74) is 1.88. The number of nitrogens with zero attached hydrogens (tertiary/aromatic N) is 2. The fourth-order valence-electron chi connectivity index (χ4n) is 4.50. The number of hydrogen-bond donors (Lipinski definition) is 0. The third kappa shape index (κ3) is 5.72. The highest BCUT2D eigenvalue weighted by atomic mass is 32.2. The molecule has 0 bridgehead atoms. The molecule has 1 aliphatic rings. The Balaban J connectivity index is 1.60. The molecule has 4 rings (SSSR count). The van der Waals surface area contributed by atoms with Gasteiger partial charge < -0.3 is 9.47 Å². The van der Waals surface area contributed by atoms with E-state index in [0.29, 0.717) is 23.7 Å². The van der Waals surface area contributed by atoms with Gasteiger partial charge in [-0.15, -0.1) is 0 Å². The van der Waals surface area contributed by atoms with E-state index in [2.05, 4.69) is 29.2 Å². The van der Waals surface area contributed by atoms with Gasteiger partial charge in [0.25, 0.3) is 10.0 Å². The second-order valence-electron chi connectivity index (χ2n) is 8.64. The highest BCUT2D eigenvalue weighted by Gasteiger charge is 2.30. The molecule has 3 aromatic rings. The van der Waals surface area contributed by atoms with Gasteiger partial charge in [0.2, 0.25) is 0 Å². The lowest BCUT2D eigenvalue weighted by Gasteiger charge is -2.36. The predicted molar refractivity (Wildman–Crippen MR) is 135 cm³/mol. The maximum Gasteiger partial charge on any atom is 0.264 e. The molecule has 0 saturated carbocycles. The van der Waals surface area contributed by atoms with Crippen molar-refractivity contribution in [1.82, 2.24) is 4.90 Å². The Bertz CT molecular complexity index is 1170. The van der Waals surface area contributed by atoms with E-state index in [4.69, 9.17) is 9.47 Å². The molecule has 34 heavy (non-hydrogen) atoms. The van der Waals surface area contributed by atoms with Gasteiger partial charge in [0, 0.05) is 25.7 Å². The fraction of sp³-hybridized carbons (Fsp3) is 0.333. The zero-order chi connectivity index (χ0) is 24.0. The van der Waals surface area contributed by atoms with Crippen LogP contribution in [-0.2, 0) is 16.6 Å². The third-order valence-electron chi connectivity index (χ3n) is 6.26. The van der Waals surface area contributed by atoms with Crippen LogP contribution in [0, 0.1) is 5.92 Å². The van der Waals surface area contributed by atoms with E-state index in [1.165, 1.54) is 9.87 Å². The molecule has 3 aromatic carbocycles. The molecule has 6 nitrogen and oxygen atoms in total. The van der Waals surface area contributed by atoms with Crippen LogP contribution in [0.2, 0.25) is 0 Å². The van der Waals surface area contributed by atoms with Crippen LogP contribution in [0.25, 0.3) is 0 Å². The van der Waals surface area contributed by atoms with Crippen LogP contribution in [0.15, 0.2) is 83.8 Å². The first kappa shape index (κ1) is 24.1. The molecule has 0 N–H and O–H groups in total. The number of hydrogen-bond acceptors (Lipinski definition) is 5. The van der Waals surface area contributed by atoms with Gasteiger partial charge in [-0.1, -0.05) is 36.4 Å². The Labute approximate surface area is 202 Å². The van der Waals surface area contributed by atoms with Crippen molar-refractivity contribution in [3.05, 3.63) is 84.4 Å². The molecular formula is C27H32N2O4S. The van der Waals surface area contributed by atoms with Gasteiger partial charge >= 0.3 is 0 Å². The molecular weight excluding hydrogens is 448 g/mol. The van der Waals surface area contributed by atoms with E-state index in [1.54, 1.807) is 44.6 Å². The average Bonchev–Trinajstić information content (AvgIpc) is 2.88. The maximum atomic E-state index is 13.8. The summed E-state index contributed by atoms with van der Waals surface area (Å²) in [6.07, 6.45) is 2.04. The highest BCUT2D eigenvalue weighted by molar-refractivity contribution is 7.92. The zero-order valence-corrected chi connectivity index (χ0v) is 20.6. The average molecular weight is 481 g/mol. The molecule has 1 atom stereocenters. The first-order valence-corrected chi connectivity index (χ1v) is 13.0. The summed E-state index contributed by atoms with van der Waals surface area (Å²) in [6.45, 7) is 3.16. The monoisotopic (exact) mass is 480 g/mol. The molecule has 1 fully saturated rings. The largest absolute Gasteiger partial charge is 0.497 e. The molecule has 1 unspecified atom stereocenters. The molecule has 0 aromatic heterocycles. The summed E-state index contributed by atoms with van der Waals surface area (Å²) in [6, 6.07) is 24.2. The van der Waals surface area contributed by atoms with Crippen molar-refractivity contribution in [1.29, 1.82) is 0 Å². The van der Waals surface area contributed by atoms with E-state index in [0.717, 1.165) is 32.5 Å². The molecule has 7 heteroatoms. The minimum Gasteiger partial charge on any atom is -0.497 e. The standard InChI is InChI=1S/C27H32N2O4S/c1-32-25-13-15-27(16-14-25)34(30,31)29(24-11-6-12-26(18-24)33-2)21-23-10-7-17-28(20-23)19-22-8-4-3-5-9-22/h3-6,8-9,11-16,18,23H,7,10,17,19-21H2,1-2H3. The van der Waals surface area contributed by atoms with Crippen LogP contribution < -0.4 is 13.8 Å². The fourth-order valence-corrected chi connectivity index (χ4v) is 6.04. The van der Waals surface area contributed by atoms with Gasteiger partial charge in [0.05, 0.1) is 24.8 Å². The molecule has 1 heterocycles. The number of sulfonamides is 1. The first-order chi connectivity index (χ1) is 16.5. The molecule has 0 radical (unpaired) electrons. The van der Waals surface area contributed by atoms with Crippen LogP contribution in [0.4, 0.5) is 5.69 Å². The lowest BCUT2D eigenvalue weighted by molar-refractivity contribution is 0.171. The minimum absolute atomic E-state index is 0.219. The lowest BCUT2D eigenvalue weighted by Crippen LogP contribution is -2.42. The van der Waals surface area contributed by atoms with E-state index in [1.807, 2.05) is 24.3 Å². The Hall–Kier alpha value is -3.03. The second-order valence-corrected chi connectivity index (χ2v) is 10.5. The summed E-state index contributed by atoms with van der Waals surface area (Å²) in [5.74, 6) is 1.47. The predicted octanol–water partition coefficient (Wildman–Crippen LogP) is 4.81. The molecule has 1 aliphatic heterocycles. The van der Waals surface area contributed by atoms with Crippen LogP contribution in [0.1, 0.15) is 18.4 Å².